The van der Waals surface area contributed by atoms with Crippen molar-refractivity contribution in [1.82, 2.24) is 5.32 Å². The number of amides is 2. The molecule has 4 rings (SSSR count). The molecule has 6 heteroatoms. The van der Waals surface area contributed by atoms with Gasteiger partial charge in [-0.05, 0) is 80.2 Å². The van der Waals surface area contributed by atoms with Gasteiger partial charge in [-0.1, -0.05) is 30.3 Å². The number of anilines is 1. The van der Waals surface area contributed by atoms with Gasteiger partial charge in [0.25, 0.3) is 0 Å². The summed E-state index contributed by atoms with van der Waals surface area (Å²) in [5.74, 6) is 0.874. The van der Waals surface area contributed by atoms with Gasteiger partial charge in [0.15, 0.2) is 0 Å². The molecular weight excluding hydrogens is 404 g/mol. The molecule has 1 aliphatic carbocycles. The van der Waals surface area contributed by atoms with E-state index < -0.39 is 5.97 Å². The van der Waals surface area contributed by atoms with Crippen LogP contribution in [-0.4, -0.2) is 36.3 Å². The highest BCUT2D eigenvalue weighted by atomic mass is 16.5. The molecule has 0 bridgehead atoms. The highest BCUT2D eigenvalue weighted by molar-refractivity contribution is 5.94. The summed E-state index contributed by atoms with van der Waals surface area (Å²) < 4.78 is 5.86. The molecular formula is C26H32N2O4. The van der Waals surface area contributed by atoms with E-state index in [1.165, 1.54) is 5.56 Å². The van der Waals surface area contributed by atoms with Crippen LogP contribution < -0.4 is 15.0 Å². The Morgan fingerprint density at radius 1 is 1.06 bits per heavy atom. The fourth-order valence-electron chi connectivity index (χ4n) is 4.83. The van der Waals surface area contributed by atoms with Crippen molar-refractivity contribution >= 4 is 17.7 Å². The number of hydrogen-bond donors (Lipinski definition) is 2. The van der Waals surface area contributed by atoms with Gasteiger partial charge >= 0.3 is 12.0 Å². The van der Waals surface area contributed by atoms with Gasteiger partial charge in [-0.3, -0.25) is 9.69 Å². The maximum Gasteiger partial charge on any atom is 0.322 e. The largest absolute Gasteiger partial charge is 0.490 e. The normalized spacial score (nSPS) is 20.4. The van der Waals surface area contributed by atoms with Gasteiger partial charge in [0.1, 0.15) is 12.4 Å². The van der Waals surface area contributed by atoms with Crippen molar-refractivity contribution in [3.8, 4) is 16.9 Å². The van der Waals surface area contributed by atoms with E-state index in [0.29, 0.717) is 31.4 Å². The van der Waals surface area contributed by atoms with Crippen molar-refractivity contribution in [2.75, 3.05) is 18.1 Å². The first-order valence-electron chi connectivity index (χ1n) is 11.6. The lowest BCUT2D eigenvalue weighted by Crippen LogP contribution is -2.46. The number of carbonyl (C=O) groups excluding carboxylic acids is 1. The van der Waals surface area contributed by atoms with Gasteiger partial charge in [0.05, 0.1) is 12.2 Å². The molecule has 2 aromatic carbocycles. The Hall–Kier alpha value is -3.02. The minimum absolute atomic E-state index is 0.0822. The lowest BCUT2D eigenvalue weighted by Gasteiger charge is -2.30. The van der Waals surface area contributed by atoms with Crippen LogP contribution in [0.5, 0.6) is 5.75 Å². The van der Waals surface area contributed by atoms with Crippen molar-refractivity contribution in [2.24, 2.45) is 5.92 Å². The molecule has 170 valence electrons. The molecule has 1 aliphatic heterocycles. The minimum atomic E-state index is -0.685. The van der Waals surface area contributed by atoms with Crippen molar-refractivity contribution in [3.05, 3.63) is 48.0 Å². The van der Waals surface area contributed by atoms with Crippen molar-refractivity contribution in [2.45, 2.75) is 57.9 Å². The van der Waals surface area contributed by atoms with Crippen LogP contribution >= 0.6 is 0 Å². The maximum absolute atomic E-state index is 12.5. The standard InChI is InChI=1S/C26H32N2O4/c1-17(2)27-26(31)28-13-14-32-24-16-22(11-12-23(24)28)21-9-7-20(8-10-21)19-5-3-18(4-6-19)15-25(29)30/h7-12,16-19H,3-6,13-15H2,1-2H3,(H,27,31)(H,29,30)/t18-,19-. The molecule has 0 aromatic heterocycles. The average molecular weight is 437 g/mol. The van der Waals surface area contributed by atoms with Gasteiger partial charge < -0.3 is 15.2 Å². The molecule has 2 aliphatic rings. The number of carboxylic acid groups (broad SMARTS) is 1. The second-order valence-electron chi connectivity index (χ2n) is 9.22. The average Bonchev–Trinajstić information content (AvgIpc) is 2.78. The van der Waals surface area contributed by atoms with Crippen molar-refractivity contribution in [1.29, 1.82) is 0 Å². The zero-order valence-corrected chi connectivity index (χ0v) is 18.8. The van der Waals surface area contributed by atoms with Gasteiger partial charge in [-0.15, -0.1) is 0 Å². The molecule has 2 aromatic rings. The monoisotopic (exact) mass is 436 g/mol. The van der Waals surface area contributed by atoms with Gasteiger partial charge in [-0.25, -0.2) is 4.79 Å². The number of benzene rings is 2. The second kappa shape index (κ2) is 9.63. The smallest absolute Gasteiger partial charge is 0.322 e. The first-order chi connectivity index (χ1) is 15.4. The predicted octanol–water partition coefficient (Wildman–Crippen LogP) is 5.42. The summed E-state index contributed by atoms with van der Waals surface area (Å²) in [4.78, 5) is 25.2. The third kappa shape index (κ3) is 5.06. The lowest BCUT2D eigenvalue weighted by molar-refractivity contribution is -0.138. The molecule has 0 unspecified atom stereocenters. The van der Waals surface area contributed by atoms with Crippen LogP contribution in [0.2, 0.25) is 0 Å². The number of aliphatic carboxylic acids is 1. The zero-order valence-electron chi connectivity index (χ0n) is 18.8. The number of hydrogen-bond acceptors (Lipinski definition) is 3. The highest BCUT2D eigenvalue weighted by Crippen LogP contribution is 2.39. The molecule has 0 atom stereocenters. The van der Waals surface area contributed by atoms with Crippen molar-refractivity contribution in [3.63, 3.8) is 0 Å². The summed E-state index contributed by atoms with van der Waals surface area (Å²) in [6, 6.07) is 14.7. The van der Waals surface area contributed by atoms with E-state index in [2.05, 4.69) is 29.6 Å². The fraction of sp³-hybridized carbons (Fsp3) is 0.462. The molecule has 1 saturated carbocycles. The van der Waals surface area contributed by atoms with Gasteiger partial charge in [-0.2, -0.15) is 0 Å². The molecule has 0 saturated heterocycles. The summed E-state index contributed by atoms with van der Waals surface area (Å²) in [6.45, 7) is 4.92. The molecule has 0 radical (unpaired) electrons. The van der Waals surface area contributed by atoms with E-state index in [4.69, 9.17) is 9.84 Å². The number of rotatable bonds is 5. The quantitative estimate of drug-likeness (QED) is 0.656. The first-order valence-corrected chi connectivity index (χ1v) is 11.6. The van der Waals surface area contributed by atoms with E-state index in [-0.39, 0.29) is 12.1 Å². The Balaban J connectivity index is 1.45. The van der Waals surface area contributed by atoms with Crippen LogP contribution in [0, 0.1) is 5.92 Å². The molecule has 2 amide bonds. The zero-order chi connectivity index (χ0) is 22.7. The summed E-state index contributed by atoms with van der Waals surface area (Å²) in [5.41, 5.74) is 4.30. The molecule has 32 heavy (non-hydrogen) atoms. The van der Waals surface area contributed by atoms with E-state index in [1.54, 1.807) is 4.90 Å². The summed E-state index contributed by atoms with van der Waals surface area (Å²) in [5, 5.41) is 12.0. The number of nitrogens with zero attached hydrogens (tertiary/aromatic N) is 1. The Morgan fingerprint density at radius 3 is 2.41 bits per heavy atom. The van der Waals surface area contributed by atoms with Crippen LogP contribution in [0.1, 0.15) is 57.4 Å². The van der Waals surface area contributed by atoms with Gasteiger partial charge in [0, 0.05) is 12.5 Å². The molecule has 0 spiro atoms. The summed E-state index contributed by atoms with van der Waals surface area (Å²) >= 11 is 0. The summed E-state index contributed by atoms with van der Waals surface area (Å²) in [6.07, 6.45) is 4.38. The van der Waals surface area contributed by atoms with E-state index in [1.807, 2.05) is 32.0 Å². The fourth-order valence-corrected chi connectivity index (χ4v) is 4.83. The Kier molecular flexibility index (Phi) is 6.68. The Labute approximate surface area is 189 Å². The number of carbonyl (C=O) groups is 2. The number of fused-ring (bicyclic) bond motifs is 1. The van der Waals surface area contributed by atoms with Crippen LogP contribution in [0.4, 0.5) is 10.5 Å². The van der Waals surface area contributed by atoms with Gasteiger partial charge in [0.2, 0.25) is 0 Å². The topological polar surface area (TPSA) is 78.9 Å². The van der Waals surface area contributed by atoms with Crippen molar-refractivity contribution < 1.29 is 19.4 Å². The molecule has 1 heterocycles. The van der Waals surface area contributed by atoms with E-state index in [0.717, 1.165) is 48.2 Å². The Morgan fingerprint density at radius 2 is 1.75 bits per heavy atom. The number of nitrogens with one attached hydrogen (secondary N) is 1. The SMILES string of the molecule is CC(C)NC(=O)N1CCOc2cc(-c3ccc([C@H]4CC[C@H](CC(=O)O)CC4)cc3)ccc21. The van der Waals surface area contributed by atoms with E-state index in [9.17, 15) is 9.59 Å². The highest BCUT2D eigenvalue weighted by Gasteiger charge is 2.25. The minimum Gasteiger partial charge on any atom is -0.490 e. The lowest BCUT2D eigenvalue weighted by atomic mass is 9.77. The van der Waals surface area contributed by atoms with Crippen LogP contribution in [0.25, 0.3) is 11.1 Å². The van der Waals surface area contributed by atoms with E-state index >= 15 is 0 Å². The molecule has 1 fully saturated rings. The van der Waals surface area contributed by atoms with Crippen LogP contribution in [-0.2, 0) is 4.79 Å². The predicted molar refractivity (Wildman–Crippen MR) is 125 cm³/mol. The second-order valence-corrected chi connectivity index (χ2v) is 9.22. The number of carboxylic acids is 1. The summed E-state index contributed by atoms with van der Waals surface area (Å²) in [7, 11) is 0. The first kappa shape index (κ1) is 22.2. The van der Waals surface area contributed by atoms with Crippen LogP contribution in [0.3, 0.4) is 0 Å². The molecule has 6 nitrogen and oxygen atoms in total. The molecule has 2 N–H and O–H groups in total. The van der Waals surface area contributed by atoms with Crippen LogP contribution in [0.15, 0.2) is 42.5 Å². The maximum atomic E-state index is 12.5. The number of ether oxygens (including phenoxy) is 1. The Bertz CT molecular complexity index is 962. The number of urea groups is 1. The third-order valence-corrected chi connectivity index (χ3v) is 6.51. The third-order valence-electron chi connectivity index (χ3n) is 6.51.